The first-order valence-electron chi connectivity index (χ1n) is 9.72. The average Bonchev–Trinajstić information content (AvgIpc) is 3.13. The van der Waals surface area contributed by atoms with Crippen LogP contribution in [0.5, 0.6) is 0 Å². The Hall–Kier alpha value is -1.79. The van der Waals surface area contributed by atoms with Gasteiger partial charge in [0.25, 0.3) is 0 Å². The molecule has 2 aliphatic rings. The van der Waals surface area contributed by atoms with Crippen molar-refractivity contribution in [2.45, 2.75) is 58.2 Å². The van der Waals surface area contributed by atoms with E-state index in [-0.39, 0.29) is 18.4 Å². The van der Waals surface area contributed by atoms with Gasteiger partial charge in [0.2, 0.25) is 0 Å². The van der Waals surface area contributed by atoms with Gasteiger partial charge in [0, 0.05) is 24.7 Å². The molecule has 0 saturated heterocycles. The molecule has 6 atom stereocenters. The van der Waals surface area contributed by atoms with Gasteiger partial charge in [0.05, 0.1) is 12.7 Å². The lowest BCUT2D eigenvalue weighted by molar-refractivity contribution is -0.141. The van der Waals surface area contributed by atoms with Crippen LogP contribution in [0, 0.1) is 47.4 Å². The van der Waals surface area contributed by atoms with Crippen LogP contribution < -0.4 is 0 Å². The van der Waals surface area contributed by atoms with Crippen LogP contribution in [0.1, 0.15) is 46.0 Å². The van der Waals surface area contributed by atoms with Crippen LogP contribution in [0.15, 0.2) is 11.6 Å². The molecule has 148 valence electrons. The summed E-state index contributed by atoms with van der Waals surface area (Å²) in [5.74, 6) is 11.7. The summed E-state index contributed by atoms with van der Waals surface area (Å²) < 4.78 is 5.08. The quantitative estimate of drug-likeness (QED) is 0.377. The van der Waals surface area contributed by atoms with E-state index in [9.17, 15) is 15.0 Å². The first kappa shape index (κ1) is 21.5. The molecule has 0 aliphatic heterocycles. The van der Waals surface area contributed by atoms with Crippen molar-refractivity contribution < 1.29 is 24.9 Å². The van der Waals surface area contributed by atoms with Gasteiger partial charge in [-0.15, -0.1) is 11.8 Å². The van der Waals surface area contributed by atoms with Crippen LogP contribution in [0.2, 0.25) is 0 Å². The second-order valence-electron chi connectivity index (χ2n) is 7.55. The Morgan fingerprint density at radius 1 is 1.37 bits per heavy atom. The van der Waals surface area contributed by atoms with Gasteiger partial charge in [-0.2, -0.15) is 0 Å². The molecule has 2 fully saturated rings. The molecule has 5 nitrogen and oxygen atoms in total. The zero-order chi connectivity index (χ0) is 19.8. The van der Waals surface area contributed by atoms with Crippen LogP contribution in [0.25, 0.3) is 0 Å². The SMILES string of the molecule is CCC#CC[C@H](C)[C@H](O)C#C[C@H]1C(O)CC2C/C(=C\COCC(=O)O)CC21. The van der Waals surface area contributed by atoms with E-state index in [1.54, 1.807) is 0 Å². The second kappa shape index (κ2) is 10.5. The van der Waals surface area contributed by atoms with Gasteiger partial charge in [0.1, 0.15) is 12.7 Å². The minimum absolute atomic E-state index is 0.0173. The maximum atomic E-state index is 10.5. The monoisotopic (exact) mass is 374 g/mol. The van der Waals surface area contributed by atoms with Crippen molar-refractivity contribution in [1.29, 1.82) is 0 Å². The lowest BCUT2D eigenvalue weighted by Gasteiger charge is -2.16. The summed E-state index contributed by atoms with van der Waals surface area (Å²) in [5, 5.41) is 29.2. The van der Waals surface area contributed by atoms with E-state index in [1.807, 2.05) is 19.9 Å². The van der Waals surface area contributed by atoms with Gasteiger partial charge in [-0.25, -0.2) is 4.79 Å². The molecule has 2 rings (SSSR count). The number of hydrogen-bond donors (Lipinski definition) is 3. The molecular formula is C22H30O5. The van der Waals surface area contributed by atoms with Crippen molar-refractivity contribution in [3.63, 3.8) is 0 Å². The Balaban J connectivity index is 1.91. The minimum atomic E-state index is -0.969. The molecule has 2 saturated carbocycles. The van der Waals surface area contributed by atoms with E-state index in [0.717, 1.165) is 25.7 Å². The van der Waals surface area contributed by atoms with E-state index in [1.165, 1.54) is 5.57 Å². The number of aliphatic hydroxyl groups excluding tert-OH is 2. The average molecular weight is 374 g/mol. The molecule has 0 aromatic carbocycles. The van der Waals surface area contributed by atoms with Crippen LogP contribution in [0.4, 0.5) is 0 Å². The van der Waals surface area contributed by atoms with Crippen molar-refractivity contribution in [2.75, 3.05) is 13.2 Å². The number of aliphatic carboxylic acids is 1. The van der Waals surface area contributed by atoms with E-state index >= 15 is 0 Å². The number of fused-ring (bicyclic) bond motifs is 1. The van der Waals surface area contributed by atoms with Crippen molar-refractivity contribution in [1.82, 2.24) is 0 Å². The Bertz CT molecular complexity index is 660. The summed E-state index contributed by atoms with van der Waals surface area (Å²) in [6, 6.07) is 0. The predicted octanol–water partition coefficient (Wildman–Crippen LogP) is 2.22. The molecule has 3 unspecified atom stereocenters. The normalized spacial score (nSPS) is 30.0. The summed E-state index contributed by atoms with van der Waals surface area (Å²) in [7, 11) is 0. The summed E-state index contributed by atoms with van der Waals surface area (Å²) in [6.07, 6.45) is 4.69. The molecule has 0 bridgehead atoms. The van der Waals surface area contributed by atoms with Crippen LogP contribution >= 0.6 is 0 Å². The number of carbonyl (C=O) groups is 1. The van der Waals surface area contributed by atoms with Crippen molar-refractivity contribution >= 4 is 5.97 Å². The fourth-order valence-electron chi connectivity index (χ4n) is 3.95. The Morgan fingerprint density at radius 2 is 2.15 bits per heavy atom. The largest absolute Gasteiger partial charge is 0.480 e. The van der Waals surface area contributed by atoms with Gasteiger partial charge in [0.15, 0.2) is 0 Å². The molecule has 0 aromatic heterocycles. The Kier molecular flexibility index (Phi) is 8.38. The van der Waals surface area contributed by atoms with Gasteiger partial charge < -0.3 is 20.1 Å². The number of hydrogen-bond acceptors (Lipinski definition) is 4. The lowest BCUT2D eigenvalue weighted by Crippen LogP contribution is -2.19. The Labute approximate surface area is 161 Å². The fraction of sp³-hybridized carbons (Fsp3) is 0.682. The van der Waals surface area contributed by atoms with Gasteiger partial charge in [-0.1, -0.05) is 37.3 Å². The van der Waals surface area contributed by atoms with Gasteiger partial charge in [-0.05, 0) is 31.1 Å². The molecule has 2 aliphatic carbocycles. The Morgan fingerprint density at radius 3 is 2.85 bits per heavy atom. The minimum Gasteiger partial charge on any atom is -0.480 e. The molecular weight excluding hydrogens is 344 g/mol. The molecule has 27 heavy (non-hydrogen) atoms. The summed E-state index contributed by atoms with van der Waals surface area (Å²) in [5.41, 5.74) is 1.25. The highest BCUT2D eigenvalue weighted by Gasteiger charge is 2.45. The number of rotatable bonds is 6. The molecule has 5 heteroatoms. The zero-order valence-corrected chi connectivity index (χ0v) is 16.1. The maximum Gasteiger partial charge on any atom is 0.329 e. The zero-order valence-electron chi connectivity index (χ0n) is 16.1. The third-order valence-corrected chi connectivity index (χ3v) is 5.43. The highest BCUT2D eigenvalue weighted by molar-refractivity contribution is 5.68. The highest BCUT2D eigenvalue weighted by atomic mass is 16.5. The molecule has 3 N–H and O–H groups in total. The van der Waals surface area contributed by atoms with Crippen LogP contribution in [-0.4, -0.2) is 46.7 Å². The number of carboxylic acid groups (broad SMARTS) is 1. The molecule has 0 aromatic rings. The highest BCUT2D eigenvalue weighted by Crippen LogP contribution is 2.49. The second-order valence-corrected chi connectivity index (χ2v) is 7.55. The van der Waals surface area contributed by atoms with Crippen molar-refractivity contribution in [2.24, 2.45) is 23.7 Å². The summed E-state index contributed by atoms with van der Waals surface area (Å²) >= 11 is 0. The topological polar surface area (TPSA) is 87.0 Å². The van der Waals surface area contributed by atoms with E-state index in [2.05, 4.69) is 23.7 Å². The smallest absolute Gasteiger partial charge is 0.329 e. The van der Waals surface area contributed by atoms with Crippen LogP contribution in [0.3, 0.4) is 0 Å². The molecule has 0 amide bonds. The number of ether oxygens (including phenoxy) is 1. The standard InChI is InChI=1S/C22H30O5/c1-3-4-5-6-15(2)20(23)8-7-18-19-12-16(9-10-27-14-22(25)26)11-17(19)13-21(18)24/h9,15,17-21,23-24H,3,6,10-14H2,1-2H3,(H,25,26)/b16-9+/t15-,17?,18+,19?,20+,21?/m0/s1. The van der Waals surface area contributed by atoms with Gasteiger partial charge in [-0.3, -0.25) is 0 Å². The molecule has 0 radical (unpaired) electrons. The van der Waals surface area contributed by atoms with E-state index in [4.69, 9.17) is 9.84 Å². The number of allylic oxidation sites excluding steroid dienone is 1. The molecule has 0 heterocycles. The molecule has 0 spiro atoms. The van der Waals surface area contributed by atoms with Crippen molar-refractivity contribution in [3.05, 3.63) is 11.6 Å². The third kappa shape index (κ3) is 6.40. The van der Waals surface area contributed by atoms with Crippen molar-refractivity contribution in [3.8, 4) is 23.7 Å². The first-order chi connectivity index (χ1) is 12.9. The summed E-state index contributed by atoms with van der Waals surface area (Å²) in [4.78, 5) is 10.5. The lowest BCUT2D eigenvalue weighted by atomic mass is 9.91. The summed E-state index contributed by atoms with van der Waals surface area (Å²) in [6.45, 7) is 3.94. The number of carboxylic acids is 1. The number of aliphatic hydroxyl groups is 2. The van der Waals surface area contributed by atoms with E-state index in [0.29, 0.717) is 24.9 Å². The maximum absolute atomic E-state index is 10.5. The first-order valence-corrected chi connectivity index (χ1v) is 9.72. The fourth-order valence-corrected chi connectivity index (χ4v) is 3.95. The third-order valence-electron chi connectivity index (χ3n) is 5.43. The van der Waals surface area contributed by atoms with Crippen LogP contribution in [-0.2, 0) is 9.53 Å². The van der Waals surface area contributed by atoms with Gasteiger partial charge >= 0.3 is 5.97 Å². The van der Waals surface area contributed by atoms with E-state index < -0.39 is 18.2 Å². The predicted molar refractivity (Wildman–Crippen MR) is 102 cm³/mol.